The SMILES string of the molecule is Nc1ccc(C(=O)c2ccc3[nH]c4ccccc4c3c2)cc1. The van der Waals surface area contributed by atoms with Gasteiger partial charge in [-0.05, 0) is 48.5 Å². The molecule has 1 aromatic heterocycles. The summed E-state index contributed by atoms with van der Waals surface area (Å²) in [5.41, 5.74) is 9.77. The van der Waals surface area contributed by atoms with Gasteiger partial charge >= 0.3 is 0 Å². The van der Waals surface area contributed by atoms with Crippen LogP contribution in [0.4, 0.5) is 5.69 Å². The van der Waals surface area contributed by atoms with Gasteiger partial charge in [-0.1, -0.05) is 18.2 Å². The van der Waals surface area contributed by atoms with Gasteiger partial charge in [0, 0.05) is 38.6 Å². The normalized spacial score (nSPS) is 11.1. The first-order chi connectivity index (χ1) is 10.7. The summed E-state index contributed by atoms with van der Waals surface area (Å²) in [7, 11) is 0. The minimum atomic E-state index is 0.00665. The molecule has 1 heterocycles. The number of anilines is 1. The molecule has 0 aliphatic carbocycles. The van der Waals surface area contributed by atoms with Gasteiger partial charge in [-0.2, -0.15) is 0 Å². The van der Waals surface area contributed by atoms with E-state index in [0.717, 1.165) is 21.8 Å². The smallest absolute Gasteiger partial charge is 0.193 e. The predicted molar refractivity (Wildman–Crippen MR) is 90.1 cm³/mol. The van der Waals surface area contributed by atoms with E-state index in [1.54, 1.807) is 24.3 Å². The van der Waals surface area contributed by atoms with Crippen molar-refractivity contribution in [3.05, 3.63) is 77.9 Å². The number of carbonyl (C=O) groups excluding carboxylic acids is 1. The number of hydrogen-bond acceptors (Lipinski definition) is 2. The van der Waals surface area contributed by atoms with E-state index in [-0.39, 0.29) is 5.78 Å². The Morgan fingerprint density at radius 1 is 0.773 bits per heavy atom. The Hall–Kier alpha value is -3.07. The molecule has 0 atom stereocenters. The Kier molecular flexibility index (Phi) is 2.73. The Bertz CT molecular complexity index is 997. The van der Waals surface area contributed by atoms with Gasteiger partial charge in [0.1, 0.15) is 0 Å². The van der Waals surface area contributed by atoms with Crippen LogP contribution in [0.3, 0.4) is 0 Å². The largest absolute Gasteiger partial charge is 0.399 e. The molecule has 0 saturated heterocycles. The molecule has 0 saturated carbocycles. The van der Waals surface area contributed by atoms with Crippen molar-refractivity contribution in [1.29, 1.82) is 0 Å². The summed E-state index contributed by atoms with van der Waals surface area (Å²) in [4.78, 5) is 16.0. The fourth-order valence-electron chi connectivity index (χ4n) is 2.79. The minimum absolute atomic E-state index is 0.00665. The number of rotatable bonds is 2. The highest BCUT2D eigenvalue weighted by molar-refractivity contribution is 6.14. The zero-order valence-corrected chi connectivity index (χ0v) is 11.8. The van der Waals surface area contributed by atoms with Crippen molar-refractivity contribution in [2.75, 3.05) is 5.73 Å². The number of aromatic nitrogens is 1. The molecule has 4 rings (SSSR count). The van der Waals surface area contributed by atoms with Crippen LogP contribution in [-0.2, 0) is 0 Å². The number of ketones is 1. The molecule has 0 amide bonds. The number of benzene rings is 3. The molecule has 3 nitrogen and oxygen atoms in total. The van der Waals surface area contributed by atoms with E-state index < -0.39 is 0 Å². The van der Waals surface area contributed by atoms with Crippen LogP contribution in [-0.4, -0.2) is 10.8 Å². The lowest BCUT2D eigenvalue weighted by Crippen LogP contribution is -2.01. The molecule has 4 aromatic rings. The summed E-state index contributed by atoms with van der Waals surface area (Å²) < 4.78 is 0. The van der Waals surface area contributed by atoms with Crippen LogP contribution in [0.15, 0.2) is 66.7 Å². The fraction of sp³-hybridized carbons (Fsp3) is 0. The van der Waals surface area contributed by atoms with Gasteiger partial charge < -0.3 is 10.7 Å². The molecule has 0 aliphatic rings. The van der Waals surface area contributed by atoms with Crippen LogP contribution in [0.25, 0.3) is 21.8 Å². The highest BCUT2D eigenvalue weighted by Crippen LogP contribution is 2.26. The lowest BCUT2D eigenvalue weighted by Gasteiger charge is -2.02. The van der Waals surface area contributed by atoms with E-state index in [9.17, 15) is 4.79 Å². The van der Waals surface area contributed by atoms with Crippen LogP contribution in [0.5, 0.6) is 0 Å². The van der Waals surface area contributed by atoms with Crippen LogP contribution in [0, 0.1) is 0 Å². The number of aromatic amines is 1. The highest BCUT2D eigenvalue weighted by Gasteiger charge is 2.11. The van der Waals surface area contributed by atoms with E-state index in [2.05, 4.69) is 11.1 Å². The second-order valence-electron chi connectivity index (χ2n) is 5.38. The lowest BCUT2D eigenvalue weighted by molar-refractivity contribution is 0.103. The average molecular weight is 286 g/mol. The van der Waals surface area contributed by atoms with Gasteiger partial charge in [0.15, 0.2) is 5.78 Å². The fourth-order valence-corrected chi connectivity index (χ4v) is 2.79. The van der Waals surface area contributed by atoms with Crippen molar-refractivity contribution in [2.45, 2.75) is 0 Å². The third-order valence-corrected chi connectivity index (χ3v) is 3.94. The summed E-state index contributed by atoms with van der Waals surface area (Å²) in [6, 6.07) is 20.9. The quantitative estimate of drug-likeness (QED) is 0.430. The number of fused-ring (bicyclic) bond motifs is 3. The average Bonchev–Trinajstić information content (AvgIpc) is 2.92. The van der Waals surface area contributed by atoms with Crippen LogP contribution < -0.4 is 5.73 Å². The number of carbonyl (C=O) groups is 1. The summed E-state index contributed by atoms with van der Waals surface area (Å²) in [5, 5.41) is 2.20. The number of nitrogens with two attached hydrogens (primary N) is 1. The van der Waals surface area contributed by atoms with Crippen LogP contribution in [0.1, 0.15) is 15.9 Å². The van der Waals surface area contributed by atoms with Gasteiger partial charge in [0.25, 0.3) is 0 Å². The predicted octanol–water partition coefficient (Wildman–Crippen LogP) is 4.13. The molecule has 0 radical (unpaired) electrons. The summed E-state index contributed by atoms with van der Waals surface area (Å²) in [6.45, 7) is 0. The molecule has 0 fully saturated rings. The first kappa shape index (κ1) is 12.7. The van der Waals surface area contributed by atoms with Gasteiger partial charge in [-0.15, -0.1) is 0 Å². The standard InChI is InChI=1S/C19H14N2O/c20-14-8-5-12(6-9-14)19(22)13-7-10-18-16(11-13)15-3-1-2-4-17(15)21-18/h1-11,21H,20H2. The van der Waals surface area contributed by atoms with Gasteiger partial charge in [-0.3, -0.25) is 4.79 Å². The maximum Gasteiger partial charge on any atom is 0.193 e. The van der Waals surface area contributed by atoms with Crippen molar-refractivity contribution in [1.82, 2.24) is 4.98 Å². The van der Waals surface area contributed by atoms with E-state index >= 15 is 0 Å². The van der Waals surface area contributed by atoms with E-state index in [4.69, 9.17) is 5.73 Å². The summed E-state index contributed by atoms with van der Waals surface area (Å²) >= 11 is 0. The lowest BCUT2D eigenvalue weighted by atomic mass is 10.0. The molecule has 0 aliphatic heterocycles. The second-order valence-corrected chi connectivity index (χ2v) is 5.38. The molecular formula is C19H14N2O. The Balaban J connectivity index is 1.86. The van der Waals surface area contributed by atoms with Crippen molar-refractivity contribution in [3.63, 3.8) is 0 Å². The monoisotopic (exact) mass is 286 g/mol. The maximum absolute atomic E-state index is 12.6. The summed E-state index contributed by atoms with van der Waals surface area (Å²) in [5.74, 6) is 0.00665. The molecule has 22 heavy (non-hydrogen) atoms. The van der Waals surface area contributed by atoms with Crippen LogP contribution in [0.2, 0.25) is 0 Å². The number of nitrogens with one attached hydrogen (secondary N) is 1. The van der Waals surface area contributed by atoms with E-state index in [1.165, 1.54) is 0 Å². The number of para-hydroxylation sites is 1. The third kappa shape index (κ3) is 1.95. The maximum atomic E-state index is 12.6. The zero-order chi connectivity index (χ0) is 15.1. The molecule has 0 unspecified atom stereocenters. The molecular weight excluding hydrogens is 272 g/mol. The van der Waals surface area contributed by atoms with Crippen molar-refractivity contribution >= 4 is 33.3 Å². The zero-order valence-electron chi connectivity index (χ0n) is 11.8. The number of hydrogen-bond donors (Lipinski definition) is 2. The van der Waals surface area contributed by atoms with Gasteiger partial charge in [-0.25, -0.2) is 0 Å². The first-order valence-corrected chi connectivity index (χ1v) is 7.13. The Labute approximate surface area is 127 Å². The number of nitrogen functional groups attached to an aromatic ring is 1. The summed E-state index contributed by atoms with van der Waals surface area (Å²) in [6.07, 6.45) is 0. The second kappa shape index (κ2) is 4.74. The van der Waals surface area contributed by atoms with Crippen molar-refractivity contribution in [3.8, 4) is 0 Å². The van der Waals surface area contributed by atoms with Gasteiger partial charge in [0.2, 0.25) is 0 Å². The first-order valence-electron chi connectivity index (χ1n) is 7.13. The number of H-pyrrole nitrogens is 1. The molecule has 0 bridgehead atoms. The van der Waals surface area contributed by atoms with E-state index in [0.29, 0.717) is 16.8 Å². The molecule has 106 valence electrons. The molecule has 3 aromatic carbocycles. The molecule has 0 spiro atoms. The third-order valence-electron chi connectivity index (χ3n) is 3.94. The Morgan fingerprint density at radius 3 is 2.27 bits per heavy atom. The molecule has 3 heteroatoms. The minimum Gasteiger partial charge on any atom is -0.399 e. The Morgan fingerprint density at radius 2 is 1.45 bits per heavy atom. The highest BCUT2D eigenvalue weighted by atomic mass is 16.1. The molecule has 3 N–H and O–H groups in total. The van der Waals surface area contributed by atoms with Crippen LogP contribution >= 0.6 is 0 Å². The van der Waals surface area contributed by atoms with Crippen molar-refractivity contribution in [2.24, 2.45) is 0 Å². The van der Waals surface area contributed by atoms with Gasteiger partial charge in [0.05, 0.1) is 0 Å². The van der Waals surface area contributed by atoms with E-state index in [1.807, 2.05) is 36.4 Å². The topological polar surface area (TPSA) is 58.9 Å². The van der Waals surface area contributed by atoms with Crippen molar-refractivity contribution < 1.29 is 4.79 Å².